The first-order valence-corrected chi connectivity index (χ1v) is 7.17. The third-order valence-corrected chi connectivity index (χ3v) is 4.09. The smallest absolute Gasteiger partial charge is 0.301 e. The number of benzene rings is 1. The van der Waals surface area contributed by atoms with Crippen LogP contribution in [0, 0.1) is 0 Å². The van der Waals surface area contributed by atoms with Gasteiger partial charge in [-0.3, -0.25) is 0 Å². The van der Waals surface area contributed by atoms with Crippen LogP contribution in [0.2, 0.25) is 0 Å². The van der Waals surface area contributed by atoms with Crippen molar-refractivity contribution in [2.24, 2.45) is 0 Å². The fourth-order valence-corrected chi connectivity index (χ4v) is 2.65. The highest BCUT2D eigenvalue weighted by Crippen LogP contribution is 2.19. The van der Waals surface area contributed by atoms with E-state index in [2.05, 4.69) is 5.43 Å². The number of hydrogen-bond acceptors (Lipinski definition) is 4. The monoisotopic (exact) mass is 281 g/mol. The normalized spacial score (nSPS) is 17.1. The molecule has 0 aromatic heterocycles. The molecule has 1 aromatic rings. The first-order chi connectivity index (χ1) is 8.83. The lowest BCUT2D eigenvalue weighted by Gasteiger charge is -2.30. The van der Waals surface area contributed by atoms with Gasteiger partial charge in [0.1, 0.15) is 0 Å². The van der Waals surface area contributed by atoms with Crippen LogP contribution in [0.5, 0.6) is 0 Å². The zero-order valence-electron chi connectivity index (χ0n) is 10.6. The van der Waals surface area contributed by atoms with Crippen LogP contribution in [0.15, 0.2) is 47.5 Å². The molecule has 0 saturated carbocycles. The summed E-state index contributed by atoms with van der Waals surface area (Å²) in [7, 11) is -3.86. The second-order valence-electron chi connectivity index (χ2n) is 4.68. The van der Waals surface area contributed by atoms with E-state index < -0.39 is 21.6 Å². The number of sulfonamides is 1. The van der Waals surface area contributed by atoms with Gasteiger partial charge in [-0.25, -0.2) is 22.9 Å². The fraction of sp³-hybridized carbons (Fsp3) is 0.250. The minimum Gasteiger partial charge on any atom is -0.301 e. The van der Waals surface area contributed by atoms with E-state index in [1.165, 1.54) is 17.1 Å². The average Bonchev–Trinajstić information content (AvgIpc) is 2.69. The molecule has 2 rings (SSSR count). The maximum Gasteiger partial charge on any atom is 0.350 e. The molecule has 0 radical (unpaired) electrons. The highest BCUT2D eigenvalue weighted by molar-refractivity contribution is 7.90. The molecule has 0 aliphatic carbocycles. The largest absolute Gasteiger partial charge is 0.350 e. The van der Waals surface area contributed by atoms with Gasteiger partial charge in [0.05, 0.1) is 10.4 Å². The molecule has 0 atom stereocenters. The highest BCUT2D eigenvalue weighted by Gasteiger charge is 2.34. The molecule has 1 aliphatic rings. The minimum atomic E-state index is -3.86. The van der Waals surface area contributed by atoms with Crippen molar-refractivity contribution in [3.63, 3.8) is 0 Å². The number of urea groups is 1. The predicted octanol–water partition coefficient (Wildman–Crippen LogP) is 1.20. The van der Waals surface area contributed by atoms with E-state index in [-0.39, 0.29) is 4.90 Å². The van der Waals surface area contributed by atoms with Gasteiger partial charge in [-0.15, -0.1) is 0 Å². The molecule has 2 amide bonds. The molecule has 1 aliphatic heterocycles. The second kappa shape index (κ2) is 4.58. The third kappa shape index (κ3) is 2.70. The minimum absolute atomic E-state index is 0.0494. The average molecular weight is 281 g/mol. The van der Waals surface area contributed by atoms with Crippen molar-refractivity contribution in [2.75, 3.05) is 0 Å². The summed E-state index contributed by atoms with van der Waals surface area (Å²) in [6, 6.07) is 7.03. The number of carbonyl (C=O) groups excluding carboxylic acids is 1. The number of hydrazine groups is 1. The molecule has 0 unspecified atom stereocenters. The SMILES string of the molecule is CC1(C)C=CNN1C(=O)NS(=O)(=O)c1ccccc1. The van der Waals surface area contributed by atoms with E-state index in [9.17, 15) is 13.2 Å². The Bertz CT molecular complexity index is 608. The van der Waals surface area contributed by atoms with Crippen LogP contribution < -0.4 is 10.1 Å². The maximum absolute atomic E-state index is 12.0. The van der Waals surface area contributed by atoms with Crippen LogP contribution in [0.25, 0.3) is 0 Å². The van der Waals surface area contributed by atoms with E-state index in [1.54, 1.807) is 44.3 Å². The zero-order valence-corrected chi connectivity index (χ0v) is 11.4. The Kier molecular flexibility index (Phi) is 3.23. The van der Waals surface area contributed by atoms with E-state index in [0.717, 1.165) is 0 Å². The van der Waals surface area contributed by atoms with Crippen molar-refractivity contribution >= 4 is 16.1 Å². The molecule has 1 aromatic carbocycles. The molecule has 0 bridgehead atoms. The van der Waals surface area contributed by atoms with E-state index in [1.807, 2.05) is 4.72 Å². The van der Waals surface area contributed by atoms with Crippen LogP contribution in [-0.2, 0) is 10.0 Å². The van der Waals surface area contributed by atoms with Crippen molar-refractivity contribution in [3.8, 4) is 0 Å². The number of rotatable bonds is 2. The number of carbonyl (C=O) groups is 1. The van der Waals surface area contributed by atoms with Gasteiger partial charge in [-0.05, 0) is 32.1 Å². The third-order valence-electron chi connectivity index (χ3n) is 2.75. The molecule has 0 spiro atoms. The fourth-order valence-electron chi connectivity index (χ4n) is 1.70. The maximum atomic E-state index is 12.0. The second-order valence-corrected chi connectivity index (χ2v) is 6.36. The van der Waals surface area contributed by atoms with Crippen LogP contribution >= 0.6 is 0 Å². The molecular formula is C12H15N3O3S. The zero-order chi connectivity index (χ0) is 14.1. The summed E-state index contributed by atoms with van der Waals surface area (Å²) in [5.74, 6) is 0. The van der Waals surface area contributed by atoms with Gasteiger partial charge >= 0.3 is 6.03 Å². The van der Waals surface area contributed by atoms with E-state index in [0.29, 0.717) is 0 Å². The molecule has 0 saturated heterocycles. The molecule has 6 nitrogen and oxygen atoms in total. The van der Waals surface area contributed by atoms with Gasteiger partial charge in [0.25, 0.3) is 10.0 Å². The van der Waals surface area contributed by atoms with Crippen LogP contribution in [0.1, 0.15) is 13.8 Å². The van der Waals surface area contributed by atoms with E-state index >= 15 is 0 Å². The molecule has 2 N–H and O–H groups in total. The summed E-state index contributed by atoms with van der Waals surface area (Å²) >= 11 is 0. The number of amides is 2. The van der Waals surface area contributed by atoms with Crippen molar-refractivity contribution in [1.29, 1.82) is 0 Å². The van der Waals surface area contributed by atoms with E-state index in [4.69, 9.17) is 0 Å². The lowest BCUT2D eigenvalue weighted by Crippen LogP contribution is -2.54. The molecular weight excluding hydrogens is 266 g/mol. The Morgan fingerprint density at radius 2 is 1.89 bits per heavy atom. The molecule has 7 heteroatoms. The van der Waals surface area contributed by atoms with Crippen molar-refractivity contribution < 1.29 is 13.2 Å². The quantitative estimate of drug-likeness (QED) is 0.853. The lowest BCUT2D eigenvalue weighted by atomic mass is 10.1. The Morgan fingerprint density at radius 3 is 2.42 bits per heavy atom. The lowest BCUT2D eigenvalue weighted by molar-refractivity contribution is 0.152. The van der Waals surface area contributed by atoms with Crippen molar-refractivity contribution in [1.82, 2.24) is 15.2 Å². The van der Waals surface area contributed by atoms with Gasteiger partial charge in [0, 0.05) is 6.20 Å². The Hall–Kier alpha value is -2.02. The summed E-state index contributed by atoms with van der Waals surface area (Å²) in [4.78, 5) is 12.0. The van der Waals surface area contributed by atoms with Gasteiger partial charge < -0.3 is 5.43 Å². The van der Waals surface area contributed by atoms with Crippen LogP contribution in [0.4, 0.5) is 4.79 Å². The Labute approximate surface area is 112 Å². The van der Waals surface area contributed by atoms with Crippen LogP contribution in [-0.4, -0.2) is 25.0 Å². The molecule has 0 fully saturated rings. The number of hydrogen-bond donors (Lipinski definition) is 2. The first-order valence-electron chi connectivity index (χ1n) is 5.69. The summed E-state index contributed by atoms with van der Waals surface area (Å²) in [6.45, 7) is 3.58. The first kappa shape index (κ1) is 13.4. The Morgan fingerprint density at radius 1 is 1.26 bits per heavy atom. The van der Waals surface area contributed by atoms with Gasteiger partial charge in [-0.2, -0.15) is 0 Å². The number of nitrogens with zero attached hydrogens (tertiary/aromatic N) is 1. The molecule has 19 heavy (non-hydrogen) atoms. The van der Waals surface area contributed by atoms with Crippen molar-refractivity contribution in [3.05, 3.63) is 42.6 Å². The summed E-state index contributed by atoms with van der Waals surface area (Å²) in [5.41, 5.74) is 2.11. The van der Waals surface area contributed by atoms with Crippen LogP contribution in [0.3, 0.4) is 0 Å². The number of nitrogens with one attached hydrogen (secondary N) is 2. The topological polar surface area (TPSA) is 78.5 Å². The Balaban J connectivity index is 2.16. The van der Waals surface area contributed by atoms with Gasteiger partial charge in [-0.1, -0.05) is 18.2 Å². The molecule has 1 heterocycles. The molecule has 102 valence electrons. The predicted molar refractivity (Wildman–Crippen MR) is 70.4 cm³/mol. The van der Waals surface area contributed by atoms with Gasteiger partial charge in [0.2, 0.25) is 0 Å². The summed E-state index contributed by atoms with van der Waals surface area (Å²) in [6.07, 6.45) is 3.36. The summed E-state index contributed by atoms with van der Waals surface area (Å²) < 4.78 is 26.0. The standard InChI is InChI=1S/C12H15N3O3S/c1-12(2)8-9-13-15(12)11(16)14-19(17,18)10-6-4-3-5-7-10/h3-9,13H,1-2H3,(H,14,16). The van der Waals surface area contributed by atoms with Crippen molar-refractivity contribution in [2.45, 2.75) is 24.3 Å². The van der Waals surface area contributed by atoms with Gasteiger partial charge in [0.15, 0.2) is 0 Å². The highest BCUT2D eigenvalue weighted by atomic mass is 32.2. The summed E-state index contributed by atoms with van der Waals surface area (Å²) in [5, 5.41) is 1.22.